The summed E-state index contributed by atoms with van der Waals surface area (Å²) in [5.41, 5.74) is 1.50. The van der Waals surface area contributed by atoms with Gasteiger partial charge in [0.2, 0.25) is 6.79 Å². The van der Waals surface area contributed by atoms with Crippen LogP contribution in [0.1, 0.15) is 13.8 Å². The van der Waals surface area contributed by atoms with Crippen molar-refractivity contribution in [3.05, 3.63) is 36.7 Å². The number of para-hydroxylation sites is 1. The summed E-state index contributed by atoms with van der Waals surface area (Å²) < 4.78 is 28.0. The number of rotatable bonds is 8. The third-order valence-electron chi connectivity index (χ3n) is 4.50. The van der Waals surface area contributed by atoms with E-state index in [1.165, 1.54) is 6.33 Å². The lowest BCUT2D eigenvalue weighted by molar-refractivity contribution is 0.0395. The molecule has 0 unspecified atom stereocenters. The van der Waals surface area contributed by atoms with Gasteiger partial charge in [-0.2, -0.15) is 0 Å². The maximum atomic E-state index is 5.90. The predicted molar refractivity (Wildman–Crippen MR) is 109 cm³/mol. The van der Waals surface area contributed by atoms with Crippen LogP contribution in [0.15, 0.2) is 36.7 Å². The van der Waals surface area contributed by atoms with Crippen LogP contribution in [0.25, 0.3) is 10.9 Å². The summed E-state index contributed by atoms with van der Waals surface area (Å²) in [5, 5.41) is 4.11. The van der Waals surface area contributed by atoms with Gasteiger partial charge in [0.25, 0.3) is 0 Å². The van der Waals surface area contributed by atoms with Gasteiger partial charge in [-0.1, -0.05) is 6.07 Å². The van der Waals surface area contributed by atoms with E-state index in [0.29, 0.717) is 42.0 Å². The Hall–Kier alpha value is -3.26. The molecule has 1 aromatic heterocycles. The SMILES string of the molecule is CCO[C@H](C)COc1cc2ncnc(Nc3cccc4c3OCO4)c2cc1OC. The molecular formula is C21H23N3O5. The predicted octanol–water partition coefficient (Wildman–Crippen LogP) is 3.91. The highest BCUT2D eigenvalue weighted by atomic mass is 16.7. The first-order valence-electron chi connectivity index (χ1n) is 9.42. The second-order valence-corrected chi connectivity index (χ2v) is 6.48. The minimum absolute atomic E-state index is 0.0228. The van der Waals surface area contributed by atoms with Crippen LogP contribution in [0.2, 0.25) is 0 Å². The summed E-state index contributed by atoms with van der Waals surface area (Å²) in [7, 11) is 1.60. The zero-order chi connectivity index (χ0) is 20.2. The fourth-order valence-corrected chi connectivity index (χ4v) is 3.13. The Balaban J connectivity index is 1.65. The van der Waals surface area contributed by atoms with Gasteiger partial charge in [-0.05, 0) is 32.0 Å². The fourth-order valence-electron chi connectivity index (χ4n) is 3.13. The summed E-state index contributed by atoms with van der Waals surface area (Å²) in [4.78, 5) is 8.78. The Morgan fingerprint density at radius 3 is 2.90 bits per heavy atom. The third kappa shape index (κ3) is 3.97. The van der Waals surface area contributed by atoms with Gasteiger partial charge in [-0.15, -0.1) is 0 Å². The average molecular weight is 397 g/mol. The van der Waals surface area contributed by atoms with Gasteiger partial charge in [0.1, 0.15) is 18.8 Å². The van der Waals surface area contributed by atoms with E-state index in [1.807, 2.05) is 44.2 Å². The van der Waals surface area contributed by atoms with E-state index >= 15 is 0 Å². The van der Waals surface area contributed by atoms with E-state index in [9.17, 15) is 0 Å². The number of nitrogens with zero attached hydrogens (tertiary/aromatic N) is 2. The first kappa shape index (κ1) is 19.1. The molecule has 152 valence electrons. The highest BCUT2D eigenvalue weighted by Crippen LogP contribution is 2.41. The van der Waals surface area contributed by atoms with Gasteiger partial charge in [0.05, 0.1) is 24.4 Å². The lowest BCUT2D eigenvalue weighted by atomic mass is 10.2. The van der Waals surface area contributed by atoms with Gasteiger partial charge >= 0.3 is 0 Å². The second kappa shape index (κ2) is 8.40. The van der Waals surface area contributed by atoms with Crippen molar-refractivity contribution in [1.29, 1.82) is 0 Å². The second-order valence-electron chi connectivity index (χ2n) is 6.48. The Bertz CT molecular complexity index is 1010. The first-order chi connectivity index (χ1) is 14.2. The Labute approximate surface area is 168 Å². The molecule has 1 atom stereocenters. The molecular weight excluding hydrogens is 374 g/mol. The molecule has 0 amide bonds. The summed E-state index contributed by atoms with van der Waals surface area (Å²) in [6.45, 7) is 5.18. The van der Waals surface area contributed by atoms with Crippen molar-refractivity contribution in [1.82, 2.24) is 9.97 Å². The molecule has 1 aliphatic heterocycles. The Morgan fingerprint density at radius 2 is 2.07 bits per heavy atom. The molecule has 0 aliphatic carbocycles. The van der Waals surface area contributed by atoms with Crippen molar-refractivity contribution in [3.63, 3.8) is 0 Å². The molecule has 0 saturated carbocycles. The zero-order valence-electron chi connectivity index (χ0n) is 16.6. The molecule has 3 aromatic rings. The van der Waals surface area contributed by atoms with Gasteiger partial charge in [0, 0.05) is 18.1 Å². The molecule has 0 saturated heterocycles. The van der Waals surface area contributed by atoms with E-state index < -0.39 is 0 Å². The molecule has 29 heavy (non-hydrogen) atoms. The number of anilines is 2. The van der Waals surface area contributed by atoms with Crippen LogP contribution in [0.4, 0.5) is 11.5 Å². The Kier molecular flexibility index (Phi) is 5.53. The van der Waals surface area contributed by atoms with Gasteiger partial charge in [-0.3, -0.25) is 0 Å². The van der Waals surface area contributed by atoms with Crippen molar-refractivity contribution < 1.29 is 23.7 Å². The van der Waals surface area contributed by atoms with E-state index in [0.717, 1.165) is 16.6 Å². The summed E-state index contributed by atoms with van der Waals surface area (Å²) in [5.74, 6) is 3.19. The van der Waals surface area contributed by atoms with Crippen molar-refractivity contribution in [2.24, 2.45) is 0 Å². The smallest absolute Gasteiger partial charge is 0.231 e. The molecule has 0 bridgehead atoms. The quantitative estimate of drug-likeness (QED) is 0.612. The molecule has 0 fully saturated rings. The fraction of sp³-hybridized carbons (Fsp3) is 0.333. The topological polar surface area (TPSA) is 84.0 Å². The number of ether oxygens (including phenoxy) is 5. The van der Waals surface area contributed by atoms with Crippen LogP contribution in [0.5, 0.6) is 23.0 Å². The van der Waals surface area contributed by atoms with Crippen LogP contribution >= 0.6 is 0 Å². The van der Waals surface area contributed by atoms with Crippen LogP contribution in [-0.4, -0.2) is 43.2 Å². The monoisotopic (exact) mass is 397 g/mol. The lowest BCUT2D eigenvalue weighted by Crippen LogP contribution is -2.18. The number of fused-ring (bicyclic) bond motifs is 2. The molecule has 0 spiro atoms. The maximum Gasteiger partial charge on any atom is 0.231 e. The van der Waals surface area contributed by atoms with Crippen molar-refractivity contribution >= 4 is 22.4 Å². The molecule has 8 heteroatoms. The van der Waals surface area contributed by atoms with E-state index in [2.05, 4.69) is 15.3 Å². The highest BCUT2D eigenvalue weighted by molar-refractivity contribution is 5.93. The third-order valence-corrected chi connectivity index (χ3v) is 4.50. The summed E-state index contributed by atoms with van der Waals surface area (Å²) in [6.07, 6.45) is 1.48. The number of hydrogen-bond donors (Lipinski definition) is 1. The number of benzene rings is 2. The number of hydrogen-bond acceptors (Lipinski definition) is 8. The van der Waals surface area contributed by atoms with Crippen LogP contribution in [0.3, 0.4) is 0 Å². The number of nitrogens with one attached hydrogen (secondary N) is 1. The Morgan fingerprint density at radius 1 is 1.17 bits per heavy atom. The minimum atomic E-state index is -0.0228. The highest BCUT2D eigenvalue weighted by Gasteiger charge is 2.19. The van der Waals surface area contributed by atoms with E-state index in [4.69, 9.17) is 23.7 Å². The molecule has 2 heterocycles. The zero-order valence-corrected chi connectivity index (χ0v) is 16.6. The van der Waals surface area contributed by atoms with Crippen LogP contribution in [0, 0.1) is 0 Å². The van der Waals surface area contributed by atoms with E-state index in [1.54, 1.807) is 7.11 Å². The molecule has 8 nitrogen and oxygen atoms in total. The summed E-state index contributed by atoms with van der Waals surface area (Å²) >= 11 is 0. The molecule has 2 aromatic carbocycles. The molecule has 1 N–H and O–H groups in total. The van der Waals surface area contributed by atoms with Crippen LogP contribution < -0.4 is 24.3 Å². The lowest BCUT2D eigenvalue weighted by Gasteiger charge is -2.16. The standard InChI is InChI=1S/C21H23N3O5/c1-4-26-13(2)10-27-19-9-16-14(8-18(19)25-3)21(23-11-22-16)24-15-6-5-7-17-20(15)29-12-28-17/h5-9,11,13H,4,10,12H2,1-3H3,(H,22,23,24)/t13-/m1/s1. The minimum Gasteiger partial charge on any atom is -0.493 e. The molecule has 1 aliphatic rings. The first-order valence-corrected chi connectivity index (χ1v) is 9.42. The van der Waals surface area contributed by atoms with E-state index in [-0.39, 0.29) is 12.9 Å². The van der Waals surface area contributed by atoms with Gasteiger partial charge < -0.3 is 29.0 Å². The average Bonchev–Trinajstić information content (AvgIpc) is 3.22. The van der Waals surface area contributed by atoms with Gasteiger partial charge in [-0.25, -0.2) is 9.97 Å². The van der Waals surface area contributed by atoms with Gasteiger partial charge in [0.15, 0.2) is 23.0 Å². The van der Waals surface area contributed by atoms with Crippen molar-refractivity contribution in [2.75, 3.05) is 32.4 Å². The normalized spacial score (nSPS) is 13.3. The van der Waals surface area contributed by atoms with Crippen molar-refractivity contribution in [3.8, 4) is 23.0 Å². The number of aromatic nitrogens is 2. The summed E-state index contributed by atoms with van der Waals surface area (Å²) in [6, 6.07) is 9.37. The largest absolute Gasteiger partial charge is 0.493 e. The molecule has 0 radical (unpaired) electrons. The van der Waals surface area contributed by atoms with Crippen LogP contribution in [-0.2, 0) is 4.74 Å². The maximum absolute atomic E-state index is 5.90. The molecule has 4 rings (SSSR count). The number of methoxy groups -OCH3 is 1. The van der Waals surface area contributed by atoms with Crippen molar-refractivity contribution in [2.45, 2.75) is 20.0 Å².